The smallest absolute Gasteiger partial charge is 0.246 e. The van der Waals surface area contributed by atoms with Crippen molar-refractivity contribution < 1.29 is 13.2 Å². The van der Waals surface area contributed by atoms with Gasteiger partial charge in [0.25, 0.3) is 0 Å². The second-order valence-corrected chi connectivity index (χ2v) is 10.2. The summed E-state index contributed by atoms with van der Waals surface area (Å²) in [6.45, 7) is 16.5. The maximum absolute atomic E-state index is 13.8. The van der Waals surface area contributed by atoms with Gasteiger partial charge in [0.15, 0.2) is 5.75 Å². The largest absolute Gasteiger partial charge is 0.454 e. The zero-order valence-electron chi connectivity index (χ0n) is 20.9. The maximum Gasteiger partial charge on any atom is 0.246 e. The Bertz CT molecular complexity index is 992. The Morgan fingerprint density at radius 2 is 1.52 bits per heavy atom. The molecule has 0 aliphatic carbocycles. The van der Waals surface area contributed by atoms with Gasteiger partial charge in [0.1, 0.15) is 10.6 Å². The van der Waals surface area contributed by atoms with E-state index in [1.54, 1.807) is 6.07 Å². The van der Waals surface area contributed by atoms with Crippen molar-refractivity contribution in [2.45, 2.75) is 65.2 Å². The minimum atomic E-state index is -3.76. The van der Waals surface area contributed by atoms with E-state index in [0.29, 0.717) is 24.6 Å². The van der Waals surface area contributed by atoms with Crippen molar-refractivity contribution in [2.24, 2.45) is 0 Å². The third kappa shape index (κ3) is 6.84. The van der Waals surface area contributed by atoms with Gasteiger partial charge in [-0.1, -0.05) is 70.9 Å². The van der Waals surface area contributed by atoms with Crippen LogP contribution in [-0.2, 0) is 10.0 Å². The van der Waals surface area contributed by atoms with Gasteiger partial charge in [-0.15, -0.1) is 0 Å². The predicted octanol–water partition coefficient (Wildman–Crippen LogP) is 6.95. The molecule has 0 atom stereocenters. The van der Waals surface area contributed by atoms with Gasteiger partial charge in [-0.3, -0.25) is 0 Å². The lowest BCUT2D eigenvalue weighted by Gasteiger charge is -2.30. The van der Waals surface area contributed by atoms with E-state index in [1.807, 2.05) is 57.2 Å². The molecule has 0 aliphatic heterocycles. The SMILES string of the molecule is C=C(C)c1cc(N(CCCC)CCCC)c(Oc2ccccc2)c(S(=O)(=O)N(CC)CC)c1. The number of hydrogen-bond acceptors (Lipinski definition) is 4. The average molecular weight is 473 g/mol. The van der Waals surface area contributed by atoms with Crippen molar-refractivity contribution >= 4 is 21.3 Å². The van der Waals surface area contributed by atoms with E-state index in [-0.39, 0.29) is 4.90 Å². The molecule has 6 heteroatoms. The predicted molar refractivity (Wildman–Crippen MR) is 140 cm³/mol. The van der Waals surface area contributed by atoms with Crippen LogP contribution in [0.2, 0.25) is 0 Å². The highest BCUT2D eigenvalue weighted by molar-refractivity contribution is 7.89. The van der Waals surface area contributed by atoms with Crippen molar-refractivity contribution in [3.63, 3.8) is 0 Å². The Morgan fingerprint density at radius 3 is 2.00 bits per heavy atom. The van der Waals surface area contributed by atoms with E-state index in [4.69, 9.17) is 4.74 Å². The second kappa shape index (κ2) is 12.8. The summed E-state index contributed by atoms with van der Waals surface area (Å²) in [5.41, 5.74) is 2.45. The van der Waals surface area contributed by atoms with Crippen LogP contribution in [0, 0.1) is 0 Å². The Morgan fingerprint density at radius 1 is 0.939 bits per heavy atom. The van der Waals surface area contributed by atoms with Gasteiger partial charge in [-0.2, -0.15) is 4.31 Å². The Kier molecular flexibility index (Phi) is 10.5. The number of benzene rings is 2. The number of hydrogen-bond donors (Lipinski definition) is 0. The number of allylic oxidation sites excluding steroid dienone is 1. The number of para-hydroxylation sites is 1. The number of nitrogens with zero attached hydrogens (tertiary/aromatic N) is 2. The van der Waals surface area contributed by atoms with Crippen molar-refractivity contribution in [3.8, 4) is 11.5 Å². The fourth-order valence-corrected chi connectivity index (χ4v) is 5.34. The minimum absolute atomic E-state index is 0.198. The molecule has 2 aromatic carbocycles. The highest BCUT2D eigenvalue weighted by Gasteiger charge is 2.30. The summed E-state index contributed by atoms with van der Waals surface area (Å²) in [5, 5.41) is 0. The molecule has 0 spiro atoms. The van der Waals surface area contributed by atoms with Crippen molar-refractivity contribution in [3.05, 3.63) is 54.6 Å². The van der Waals surface area contributed by atoms with Crippen LogP contribution in [-0.4, -0.2) is 38.9 Å². The Hall–Kier alpha value is -2.31. The van der Waals surface area contributed by atoms with Crippen LogP contribution in [0.1, 0.15) is 65.9 Å². The molecule has 0 saturated heterocycles. The van der Waals surface area contributed by atoms with Crippen LogP contribution in [0.3, 0.4) is 0 Å². The Balaban J connectivity index is 2.83. The lowest BCUT2D eigenvalue weighted by Crippen LogP contribution is -2.32. The van der Waals surface area contributed by atoms with Gasteiger partial charge in [0, 0.05) is 26.2 Å². The molecule has 0 fully saturated rings. The van der Waals surface area contributed by atoms with Gasteiger partial charge >= 0.3 is 0 Å². The summed E-state index contributed by atoms with van der Waals surface area (Å²) in [4.78, 5) is 2.47. The van der Waals surface area contributed by atoms with Gasteiger partial charge < -0.3 is 9.64 Å². The van der Waals surface area contributed by atoms with Crippen molar-refractivity contribution in [1.29, 1.82) is 0 Å². The fraction of sp³-hybridized carbons (Fsp3) is 0.481. The first-order valence-electron chi connectivity index (χ1n) is 12.1. The second-order valence-electron chi connectivity index (χ2n) is 8.30. The minimum Gasteiger partial charge on any atom is -0.454 e. The molecule has 2 aromatic rings. The molecular weight excluding hydrogens is 432 g/mol. The molecule has 0 aromatic heterocycles. The molecule has 0 aliphatic rings. The number of anilines is 1. The normalized spacial score (nSPS) is 11.6. The van der Waals surface area contributed by atoms with Crippen LogP contribution in [0.5, 0.6) is 11.5 Å². The first-order valence-corrected chi connectivity index (χ1v) is 13.6. The molecule has 33 heavy (non-hydrogen) atoms. The summed E-state index contributed by atoms with van der Waals surface area (Å²) < 4.78 is 35.4. The van der Waals surface area contributed by atoms with Gasteiger partial charge in [-0.25, -0.2) is 8.42 Å². The topological polar surface area (TPSA) is 49.9 Å². The number of unbranched alkanes of at least 4 members (excludes halogenated alkanes) is 2. The van der Waals surface area contributed by atoms with Crippen molar-refractivity contribution in [1.82, 2.24) is 4.31 Å². The van der Waals surface area contributed by atoms with E-state index in [1.165, 1.54) is 4.31 Å². The summed E-state index contributed by atoms with van der Waals surface area (Å²) >= 11 is 0. The molecule has 0 heterocycles. The third-order valence-electron chi connectivity index (χ3n) is 5.72. The van der Waals surface area contributed by atoms with E-state index in [0.717, 1.165) is 55.6 Å². The van der Waals surface area contributed by atoms with Crippen LogP contribution in [0.25, 0.3) is 5.57 Å². The molecule has 0 saturated carbocycles. The summed E-state index contributed by atoms with van der Waals surface area (Å²) in [7, 11) is -3.76. The number of ether oxygens (including phenoxy) is 1. The van der Waals surface area contributed by atoms with Crippen LogP contribution >= 0.6 is 0 Å². The van der Waals surface area contributed by atoms with Crippen LogP contribution in [0.4, 0.5) is 5.69 Å². The molecule has 0 amide bonds. The molecule has 182 valence electrons. The van der Waals surface area contributed by atoms with Gasteiger partial charge in [0.2, 0.25) is 10.0 Å². The molecule has 0 unspecified atom stereocenters. The highest BCUT2D eigenvalue weighted by Crippen LogP contribution is 2.42. The Labute approximate surface area is 201 Å². The van der Waals surface area contributed by atoms with E-state index < -0.39 is 10.0 Å². The van der Waals surface area contributed by atoms with Crippen LogP contribution < -0.4 is 9.64 Å². The zero-order valence-corrected chi connectivity index (χ0v) is 21.7. The van der Waals surface area contributed by atoms with Gasteiger partial charge in [-0.05, 0) is 49.6 Å². The average Bonchev–Trinajstić information content (AvgIpc) is 2.80. The van der Waals surface area contributed by atoms with E-state index in [9.17, 15) is 8.42 Å². The van der Waals surface area contributed by atoms with E-state index in [2.05, 4.69) is 25.3 Å². The summed E-state index contributed by atoms with van der Waals surface area (Å²) in [6.07, 6.45) is 4.15. The van der Waals surface area contributed by atoms with E-state index >= 15 is 0 Å². The molecule has 0 N–H and O–H groups in total. The quantitative estimate of drug-likeness (QED) is 0.298. The lowest BCUT2D eigenvalue weighted by molar-refractivity contribution is 0.432. The molecule has 0 bridgehead atoms. The summed E-state index contributed by atoms with van der Waals surface area (Å²) in [5.74, 6) is 1.01. The maximum atomic E-state index is 13.8. The molecule has 2 rings (SSSR count). The standard InChI is InChI=1S/C27H40N2O3S/c1-7-11-18-28(19-12-8-2)25-20-23(22(5)6)21-26(33(30,31)29(9-3)10-4)27(25)32-24-16-14-13-15-17-24/h13-17,20-21H,5,7-12,18-19H2,1-4,6H3. The zero-order chi connectivity index (χ0) is 24.4. The lowest BCUT2D eigenvalue weighted by atomic mass is 10.1. The van der Waals surface area contributed by atoms with Gasteiger partial charge in [0.05, 0.1) is 5.69 Å². The van der Waals surface area contributed by atoms with Crippen molar-refractivity contribution in [2.75, 3.05) is 31.1 Å². The first-order chi connectivity index (χ1) is 15.8. The molecule has 5 nitrogen and oxygen atoms in total. The number of rotatable bonds is 14. The summed E-state index contributed by atoms with van der Waals surface area (Å²) in [6, 6.07) is 13.2. The molecule has 0 radical (unpaired) electrons. The van der Waals surface area contributed by atoms with Crippen LogP contribution in [0.15, 0.2) is 53.9 Å². The molecular formula is C27H40N2O3S. The first kappa shape index (κ1) is 26.9. The third-order valence-corrected chi connectivity index (χ3v) is 7.77. The fourth-order valence-electron chi connectivity index (χ4n) is 3.72. The highest BCUT2D eigenvalue weighted by atomic mass is 32.2. The number of sulfonamides is 1. The monoisotopic (exact) mass is 472 g/mol.